The molecule has 0 aromatic carbocycles. The van der Waals surface area contributed by atoms with Crippen LogP contribution in [0.3, 0.4) is 0 Å². The maximum atomic E-state index is 12.5. The number of hydrogen-bond acceptors (Lipinski definition) is 5. The second-order valence-electron chi connectivity index (χ2n) is 5.23. The van der Waals surface area contributed by atoms with E-state index in [4.69, 9.17) is 9.84 Å². The molecule has 1 aromatic rings. The molecule has 0 saturated carbocycles. The predicted molar refractivity (Wildman–Crippen MR) is 80.1 cm³/mol. The van der Waals surface area contributed by atoms with Crippen LogP contribution in [0.25, 0.3) is 0 Å². The van der Waals surface area contributed by atoms with Gasteiger partial charge in [0.2, 0.25) is 10.0 Å². The number of piperidine rings is 1. The third-order valence-electron chi connectivity index (χ3n) is 3.83. The van der Waals surface area contributed by atoms with E-state index in [1.165, 1.54) is 4.31 Å². The Morgan fingerprint density at radius 1 is 1.57 bits per heavy atom. The van der Waals surface area contributed by atoms with E-state index in [0.717, 1.165) is 17.8 Å². The van der Waals surface area contributed by atoms with Crippen LogP contribution >= 0.6 is 11.3 Å². The Hall–Kier alpha value is -0.960. The van der Waals surface area contributed by atoms with Crippen molar-refractivity contribution in [2.75, 3.05) is 20.2 Å². The summed E-state index contributed by atoms with van der Waals surface area (Å²) in [5.41, 5.74) is 0.347. The van der Waals surface area contributed by atoms with Crippen LogP contribution in [0.4, 0.5) is 0 Å². The Bertz CT molecular complexity index is 610. The molecule has 0 unspecified atom stereocenters. The van der Waals surface area contributed by atoms with Gasteiger partial charge in [-0.3, -0.25) is 0 Å². The molecule has 0 amide bonds. The van der Waals surface area contributed by atoms with E-state index in [9.17, 15) is 13.2 Å². The fourth-order valence-electron chi connectivity index (χ4n) is 2.49. The SMILES string of the molecule is CO[C@@H]1CN(S(=O)(=O)Cc2ccsc2C(=O)O)CC[C@H]1C. The molecule has 1 fully saturated rings. The van der Waals surface area contributed by atoms with E-state index in [0.29, 0.717) is 24.6 Å². The molecular formula is C13H19NO5S2. The number of aromatic carboxylic acids is 1. The van der Waals surface area contributed by atoms with Crippen molar-refractivity contribution in [1.29, 1.82) is 0 Å². The van der Waals surface area contributed by atoms with Gasteiger partial charge in [0.25, 0.3) is 0 Å². The maximum absolute atomic E-state index is 12.5. The molecule has 1 N–H and O–H groups in total. The van der Waals surface area contributed by atoms with Crippen LogP contribution in [0.15, 0.2) is 11.4 Å². The van der Waals surface area contributed by atoms with Gasteiger partial charge in [-0.2, -0.15) is 4.31 Å². The van der Waals surface area contributed by atoms with Crippen LogP contribution in [-0.2, 0) is 20.5 Å². The summed E-state index contributed by atoms with van der Waals surface area (Å²) in [5, 5.41) is 10.7. The molecule has 2 rings (SSSR count). The highest BCUT2D eigenvalue weighted by atomic mass is 32.2. The molecule has 2 atom stereocenters. The quantitative estimate of drug-likeness (QED) is 0.885. The van der Waals surface area contributed by atoms with Crippen molar-refractivity contribution in [3.05, 3.63) is 21.9 Å². The molecule has 0 bridgehead atoms. The molecule has 118 valence electrons. The van der Waals surface area contributed by atoms with E-state index in [1.54, 1.807) is 18.6 Å². The molecule has 2 heterocycles. The first-order chi connectivity index (χ1) is 9.85. The Morgan fingerprint density at radius 3 is 2.90 bits per heavy atom. The number of carbonyl (C=O) groups is 1. The largest absolute Gasteiger partial charge is 0.477 e. The molecule has 6 nitrogen and oxygen atoms in total. The zero-order valence-electron chi connectivity index (χ0n) is 12.0. The fourth-order valence-corrected chi connectivity index (χ4v) is 4.92. The Balaban J connectivity index is 2.15. The predicted octanol–water partition coefficient (Wildman–Crippen LogP) is 1.63. The fraction of sp³-hybridized carbons (Fsp3) is 0.615. The van der Waals surface area contributed by atoms with Gasteiger partial charge in [0, 0.05) is 20.2 Å². The van der Waals surface area contributed by atoms with Gasteiger partial charge >= 0.3 is 5.97 Å². The van der Waals surface area contributed by atoms with Crippen molar-refractivity contribution < 1.29 is 23.1 Å². The number of methoxy groups -OCH3 is 1. The smallest absolute Gasteiger partial charge is 0.346 e. The lowest BCUT2D eigenvalue weighted by atomic mass is 9.97. The molecule has 1 aliphatic heterocycles. The summed E-state index contributed by atoms with van der Waals surface area (Å²) in [5.74, 6) is -1.04. The monoisotopic (exact) mass is 333 g/mol. The van der Waals surface area contributed by atoms with Gasteiger partial charge in [0.15, 0.2) is 0 Å². The van der Waals surface area contributed by atoms with Crippen molar-refractivity contribution >= 4 is 27.3 Å². The van der Waals surface area contributed by atoms with Crippen molar-refractivity contribution in [2.24, 2.45) is 5.92 Å². The lowest BCUT2D eigenvalue weighted by Crippen LogP contribution is -2.46. The van der Waals surface area contributed by atoms with Gasteiger partial charge in [-0.25, -0.2) is 13.2 Å². The molecule has 0 aliphatic carbocycles. The van der Waals surface area contributed by atoms with Crippen LogP contribution in [0.5, 0.6) is 0 Å². The lowest BCUT2D eigenvalue weighted by molar-refractivity contribution is 0.0183. The molecule has 0 spiro atoms. The van der Waals surface area contributed by atoms with Gasteiger partial charge < -0.3 is 9.84 Å². The summed E-state index contributed by atoms with van der Waals surface area (Å²) in [6, 6.07) is 1.56. The van der Waals surface area contributed by atoms with E-state index >= 15 is 0 Å². The zero-order chi connectivity index (χ0) is 15.6. The summed E-state index contributed by atoms with van der Waals surface area (Å²) < 4.78 is 31.7. The first-order valence-electron chi connectivity index (χ1n) is 6.65. The number of ether oxygens (including phenoxy) is 1. The highest BCUT2D eigenvalue weighted by Gasteiger charge is 2.33. The lowest BCUT2D eigenvalue weighted by Gasteiger charge is -2.35. The summed E-state index contributed by atoms with van der Waals surface area (Å²) >= 11 is 1.04. The van der Waals surface area contributed by atoms with Crippen molar-refractivity contribution in [3.63, 3.8) is 0 Å². The summed E-state index contributed by atoms with van der Waals surface area (Å²) in [4.78, 5) is 11.2. The van der Waals surface area contributed by atoms with Crippen molar-refractivity contribution in [2.45, 2.75) is 25.2 Å². The number of rotatable bonds is 5. The standard InChI is InChI=1S/C13H19NO5S2/c1-9-3-5-14(7-11(9)19-2)21(17,18)8-10-4-6-20-12(10)13(15)16/h4,6,9,11H,3,5,7-8H2,1-2H3,(H,15,16)/t9-,11-/m1/s1. The normalized spacial score (nSPS) is 24.1. The van der Waals surface area contributed by atoms with Gasteiger partial charge in [0.1, 0.15) is 4.88 Å². The summed E-state index contributed by atoms with van der Waals surface area (Å²) in [6.07, 6.45) is 0.627. The van der Waals surface area contributed by atoms with E-state index < -0.39 is 16.0 Å². The van der Waals surface area contributed by atoms with Gasteiger partial charge in [0.05, 0.1) is 11.9 Å². The minimum atomic E-state index is -3.53. The second kappa shape index (κ2) is 6.43. The zero-order valence-corrected chi connectivity index (χ0v) is 13.6. The van der Waals surface area contributed by atoms with Gasteiger partial charge in [-0.1, -0.05) is 6.92 Å². The van der Waals surface area contributed by atoms with E-state index in [2.05, 4.69) is 0 Å². The highest BCUT2D eigenvalue weighted by Crippen LogP contribution is 2.25. The van der Waals surface area contributed by atoms with Crippen LogP contribution in [0, 0.1) is 5.92 Å². The number of carboxylic acid groups (broad SMARTS) is 1. The molecule has 8 heteroatoms. The third kappa shape index (κ3) is 3.63. The van der Waals surface area contributed by atoms with Crippen LogP contribution in [0.1, 0.15) is 28.6 Å². The molecule has 21 heavy (non-hydrogen) atoms. The average Bonchev–Trinajstić information content (AvgIpc) is 2.86. The molecule has 1 saturated heterocycles. The van der Waals surface area contributed by atoms with Crippen LogP contribution < -0.4 is 0 Å². The Morgan fingerprint density at radius 2 is 2.29 bits per heavy atom. The van der Waals surface area contributed by atoms with E-state index in [1.807, 2.05) is 6.92 Å². The first kappa shape index (κ1) is 16.4. The number of carboxylic acids is 1. The summed E-state index contributed by atoms with van der Waals surface area (Å²) in [7, 11) is -1.95. The van der Waals surface area contributed by atoms with Gasteiger partial charge in [-0.15, -0.1) is 11.3 Å². The molecular weight excluding hydrogens is 314 g/mol. The second-order valence-corrected chi connectivity index (χ2v) is 8.12. The number of nitrogens with zero attached hydrogens (tertiary/aromatic N) is 1. The van der Waals surface area contributed by atoms with Crippen LogP contribution in [-0.4, -0.2) is 50.1 Å². The Kier molecular flexibility index (Phi) is 5.03. The molecule has 1 aliphatic rings. The maximum Gasteiger partial charge on any atom is 0.346 e. The Labute approximate surface area is 128 Å². The van der Waals surface area contributed by atoms with Crippen LogP contribution in [0.2, 0.25) is 0 Å². The number of hydrogen-bond donors (Lipinski definition) is 1. The number of sulfonamides is 1. The minimum absolute atomic E-state index is 0.0900. The molecule has 1 aromatic heterocycles. The number of thiophene rings is 1. The third-order valence-corrected chi connectivity index (χ3v) is 6.57. The van der Waals surface area contributed by atoms with E-state index in [-0.39, 0.29) is 16.7 Å². The highest BCUT2D eigenvalue weighted by molar-refractivity contribution is 7.88. The average molecular weight is 333 g/mol. The minimum Gasteiger partial charge on any atom is -0.477 e. The molecule has 0 radical (unpaired) electrons. The summed E-state index contributed by atoms with van der Waals surface area (Å²) in [6.45, 7) is 2.82. The van der Waals surface area contributed by atoms with Crippen molar-refractivity contribution in [3.8, 4) is 0 Å². The van der Waals surface area contributed by atoms with Gasteiger partial charge in [-0.05, 0) is 29.3 Å². The topological polar surface area (TPSA) is 83.9 Å². The first-order valence-corrected chi connectivity index (χ1v) is 9.14. The van der Waals surface area contributed by atoms with Crippen molar-refractivity contribution in [1.82, 2.24) is 4.31 Å².